The van der Waals surface area contributed by atoms with Crippen LogP contribution in [0, 0.1) is 6.92 Å². The summed E-state index contributed by atoms with van der Waals surface area (Å²) in [5, 5.41) is 2.74. The first-order valence-electron chi connectivity index (χ1n) is 4.51. The number of anilines is 1. The first kappa shape index (κ1) is 11.2. The summed E-state index contributed by atoms with van der Waals surface area (Å²) in [5.41, 5.74) is 1.08. The molecule has 0 radical (unpaired) electrons. The average molecular weight is 257 g/mol. The minimum absolute atomic E-state index is 0.0504. The van der Waals surface area contributed by atoms with Crippen molar-refractivity contribution in [2.75, 3.05) is 5.32 Å². The summed E-state index contributed by atoms with van der Waals surface area (Å²) in [5.74, 6) is 0.554. The molecule has 0 aliphatic carbocycles. The fraction of sp³-hybridized carbons (Fsp3) is 0.400. The number of carbonyl (C=O) groups excluding carboxylic acids is 1. The van der Waals surface area contributed by atoms with Gasteiger partial charge in [0, 0.05) is 6.20 Å². The highest BCUT2D eigenvalue weighted by Crippen LogP contribution is 2.10. The second-order valence-electron chi connectivity index (χ2n) is 3.08. The Morgan fingerprint density at radius 1 is 1.71 bits per heavy atom. The number of nitrogens with one attached hydrogen (secondary N) is 1. The summed E-state index contributed by atoms with van der Waals surface area (Å²) in [6.07, 6.45) is 2.44. The summed E-state index contributed by atoms with van der Waals surface area (Å²) in [7, 11) is 0. The number of alkyl halides is 1. The summed E-state index contributed by atoms with van der Waals surface area (Å²) in [4.78, 5) is 15.4. The smallest absolute Gasteiger partial charge is 0.239 e. The van der Waals surface area contributed by atoms with Crippen molar-refractivity contribution >= 4 is 27.7 Å². The van der Waals surface area contributed by atoms with Crippen molar-refractivity contribution in [1.29, 1.82) is 0 Å². The molecule has 4 heteroatoms. The highest BCUT2D eigenvalue weighted by molar-refractivity contribution is 9.10. The van der Waals surface area contributed by atoms with E-state index >= 15 is 0 Å². The Labute approximate surface area is 92.1 Å². The molecule has 0 spiro atoms. The fourth-order valence-corrected chi connectivity index (χ4v) is 1.11. The minimum atomic E-state index is -0.148. The Morgan fingerprint density at radius 3 is 3.00 bits per heavy atom. The number of nitrogens with zero attached hydrogens (tertiary/aromatic N) is 1. The molecule has 1 unspecified atom stereocenters. The lowest BCUT2D eigenvalue weighted by Gasteiger charge is -2.07. The van der Waals surface area contributed by atoms with E-state index in [0.717, 1.165) is 12.0 Å². The zero-order valence-electron chi connectivity index (χ0n) is 8.25. The van der Waals surface area contributed by atoms with Gasteiger partial charge in [-0.1, -0.05) is 22.9 Å². The van der Waals surface area contributed by atoms with E-state index in [-0.39, 0.29) is 10.7 Å². The average Bonchev–Trinajstić information content (AvgIpc) is 2.16. The molecule has 76 valence electrons. The van der Waals surface area contributed by atoms with Crippen LogP contribution in [0.4, 0.5) is 5.82 Å². The Kier molecular flexibility index (Phi) is 4.07. The molecule has 1 rings (SSSR count). The van der Waals surface area contributed by atoms with Gasteiger partial charge in [0.15, 0.2) is 0 Å². The van der Waals surface area contributed by atoms with Crippen molar-refractivity contribution in [3.63, 3.8) is 0 Å². The normalized spacial score (nSPS) is 12.2. The second kappa shape index (κ2) is 5.10. The van der Waals surface area contributed by atoms with E-state index in [1.54, 1.807) is 6.20 Å². The van der Waals surface area contributed by atoms with Gasteiger partial charge in [-0.15, -0.1) is 0 Å². The Hall–Kier alpha value is -0.900. The molecule has 1 N–H and O–H groups in total. The molecular formula is C10H13BrN2O. The van der Waals surface area contributed by atoms with E-state index in [0.29, 0.717) is 5.82 Å². The lowest BCUT2D eigenvalue weighted by atomic mass is 10.3. The quantitative estimate of drug-likeness (QED) is 0.845. The van der Waals surface area contributed by atoms with Crippen molar-refractivity contribution < 1.29 is 4.79 Å². The van der Waals surface area contributed by atoms with Gasteiger partial charge in [-0.05, 0) is 31.0 Å². The zero-order valence-corrected chi connectivity index (χ0v) is 9.84. The molecule has 3 nitrogen and oxygen atoms in total. The molecule has 0 saturated heterocycles. The summed E-state index contributed by atoms with van der Waals surface area (Å²) < 4.78 is 0. The van der Waals surface area contributed by atoms with Crippen LogP contribution in [0.5, 0.6) is 0 Å². The number of aromatic nitrogens is 1. The first-order valence-corrected chi connectivity index (χ1v) is 5.42. The van der Waals surface area contributed by atoms with Gasteiger partial charge in [-0.2, -0.15) is 0 Å². The maximum Gasteiger partial charge on any atom is 0.239 e. The Morgan fingerprint density at radius 2 is 2.43 bits per heavy atom. The molecule has 0 fully saturated rings. The van der Waals surface area contributed by atoms with Crippen LogP contribution in [0.3, 0.4) is 0 Å². The van der Waals surface area contributed by atoms with Crippen LogP contribution < -0.4 is 5.32 Å². The molecule has 0 aromatic carbocycles. The first-order chi connectivity index (χ1) is 6.63. The molecule has 1 heterocycles. The number of amides is 1. The highest BCUT2D eigenvalue weighted by Gasteiger charge is 2.12. The van der Waals surface area contributed by atoms with Crippen LogP contribution in [0.25, 0.3) is 0 Å². The number of hydrogen-bond donors (Lipinski definition) is 1. The number of pyridine rings is 1. The number of carbonyl (C=O) groups is 1. The van der Waals surface area contributed by atoms with Crippen LogP contribution in [0.2, 0.25) is 0 Å². The van der Waals surface area contributed by atoms with Crippen molar-refractivity contribution in [3.05, 3.63) is 23.9 Å². The van der Waals surface area contributed by atoms with Gasteiger partial charge < -0.3 is 5.32 Å². The van der Waals surface area contributed by atoms with Gasteiger partial charge in [0.1, 0.15) is 5.82 Å². The molecule has 0 bridgehead atoms. The monoisotopic (exact) mass is 256 g/mol. The van der Waals surface area contributed by atoms with Gasteiger partial charge in [0.05, 0.1) is 4.83 Å². The highest BCUT2D eigenvalue weighted by atomic mass is 79.9. The van der Waals surface area contributed by atoms with Crippen LogP contribution in [0.1, 0.15) is 18.9 Å². The summed E-state index contributed by atoms with van der Waals surface area (Å²) >= 11 is 3.28. The third-order valence-corrected chi connectivity index (χ3v) is 2.87. The topological polar surface area (TPSA) is 42.0 Å². The molecule has 0 aliphatic heterocycles. The van der Waals surface area contributed by atoms with Crippen LogP contribution in [-0.4, -0.2) is 15.7 Å². The zero-order chi connectivity index (χ0) is 10.6. The van der Waals surface area contributed by atoms with Gasteiger partial charge in [0.2, 0.25) is 5.91 Å². The lowest BCUT2D eigenvalue weighted by molar-refractivity contribution is -0.115. The van der Waals surface area contributed by atoms with Crippen molar-refractivity contribution in [2.45, 2.75) is 25.1 Å². The van der Waals surface area contributed by atoms with Crippen LogP contribution in [0.15, 0.2) is 18.3 Å². The van der Waals surface area contributed by atoms with Gasteiger partial charge in [-0.25, -0.2) is 4.98 Å². The predicted molar refractivity (Wildman–Crippen MR) is 60.6 cm³/mol. The van der Waals surface area contributed by atoms with E-state index in [2.05, 4.69) is 26.2 Å². The maximum absolute atomic E-state index is 11.5. The summed E-state index contributed by atoms with van der Waals surface area (Å²) in [6.45, 7) is 3.91. The van der Waals surface area contributed by atoms with Crippen molar-refractivity contribution in [3.8, 4) is 0 Å². The summed E-state index contributed by atoms with van der Waals surface area (Å²) in [6, 6.07) is 3.73. The molecule has 1 amide bonds. The standard InChI is InChI=1S/C10H13BrN2O/c1-3-8(11)10(14)13-9-6-7(2)4-5-12-9/h4-6,8H,3H2,1-2H3,(H,12,13,14). The number of hydrogen-bond acceptors (Lipinski definition) is 2. The number of aryl methyl sites for hydroxylation is 1. The molecule has 1 atom stereocenters. The fourth-order valence-electron chi connectivity index (χ4n) is 0.994. The SMILES string of the molecule is CCC(Br)C(=O)Nc1cc(C)ccn1. The Balaban J connectivity index is 2.65. The van der Waals surface area contributed by atoms with E-state index < -0.39 is 0 Å². The van der Waals surface area contributed by atoms with E-state index in [1.807, 2.05) is 26.0 Å². The molecular weight excluding hydrogens is 244 g/mol. The third-order valence-electron chi connectivity index (χ3n) is 1.81. The molecule has 14 heavy (non-hydrogen) atoms. The Bertz CT molecular complexity index is 328. The van der Waals surface area contributed by atoms with Crippen LogP contribution in [-0.2, 0) is 4.79 Å². The molecule has 0 saturated carbocycles. The maximum atomic E-state index is 11.5. The van der Waals surface area contributed by atoms with E-state index in [4.69, 9.17) is 0 Å². The number of rotatable bonds is 3. The van der Waals surface area contributed by atoms with E-state index in [1.165, 1.54) is 0 Å². The van der Waals surface area contributed by atoms with Crippen molar-refractivity contribution in [2.24, 2.45) is 0 Å². The second-order valence-corrected chi connectivity index (χ2v) is 4.19. The van der Waals surface area contributed by atoms with Gasteiger partial charge in [0.25, 0.3) is 0 Å². The largest absolute Gasteiger partial charge is 0.310 e. The van der Waals surface area contributed by atoms with Gasteiger partial charge in [-0.3, -0.25) is 4.79 Å². The lowest BCUT2D eigenvalue weighted by Crippen LogP contribution is -2.22. The number of halogens is 1. The molecule has 1 aromatic heterocycles. The molecule has 1 aromatic rings. The van der Waals surface area contributed by atoms with Crippen LogP contribution >= 0.6 is 15.9 Å². The minimum Gasteiger partial charge on any atom is -0.310 e. The predicted octanol–water partition coefficient (Wildman–Crippen LogP) is 2.50. The molecule has 0 aliphatic rings. The van der Waals surface area contributed by atoms with E-state index in [9.17, 15) is 4.79 Å². The van der Waals surface area contributed by atoms with Crippen molar-refractivity contribution in [1.82, 2.24) is 4.98 Å². The third kappa shape index (κ3) is 3.10. The van der Waals surface area contributed by atoms with Gasteiger partial charge >= 0.3 is 0 Å².